The second kappa shape index (κ2) is 9.07. The van der Waals surface area contributed by atoms with E-state index in [2.05, 4.69) is 15.7 Å². The fourth-order valence-electron chi connectivity index (χ4n) is 2.45. The van der Waals surface area contributed by atoms with Crippen LogP contribution in [-0.2, 0) is 11.3 Å². The summed E-state index contributed by atoms with van der Waals surface area (Å²) >= 11 is 0. The highest BCUT2D eigenvalue weighted by Gasteiger charge is 2.25. The quantitative estimate of drug-likeness (QED) is 0.637. The summed E-state index contributed by atoms with van der Waals surface area (Å²) < 4.78 is 28.0. The van der Waals surface area contributed by atoms with Crippen LogP contribution in [0.3, 0.4) is 0 Å². The van der Waals surface area contributed by atoms with Crippen LogP contribution in [0, 0.1) is 5.92 Å². The molecule has 2 amide bonds. The molecule has 0 atom stereocenters. The van der Waals surface area contributed by atoms with Crippen LogP contribution in [0.2, 0.25) is 0 Å². The van der Waals surface area contributed by atoms with E-state index in [1.807, 2.05) is 13.8 Å². The molecule has 0 saturated heterocycles. The highest BCUT2D eigenvalue weighted by molar-refractivity contribution is 6.05. The Morgan fingerprint density at radius 3 is 2.32 bits per heavy atom. The van der Waals surface area contributed by atoms with Crippen LogP contribution in [0.15, 0.2) is 30.5 Å². The van der Waals surface area contributed by atoms with Gasteiger partial charge in [-0.25, -0.2) is 8.78 Å². The Morgan fingerprint density at radius 1 is 1.14 bits per heavy atom. The minimum absolute atomic E-state index is 0.0770. The number of carbonyl (C=O) groups excluding carboxylic acids is 2. The summed E-state index contributed by atoms with van der Waals surface area (Å²) in [5.74, 6) is -2.43. The Balaban J connectivity index is 2.12. The van der Waals surface area contributed by atoms with Gasteiger partial charge in [-0.1, -0.05) is 13.8 Å². The van der Waals surface area contributed by atoms with E-state index in [1.54, 1.807) is 0 Å². The average molecular weight is 394 g/mol. The van der Waals surface area contributed by atoms with E-state index in [0.717, 1.165) is 10.9 Å². The molecule has 1 aromatic heterocycles. The van der Waals surface area contributed by atoms with Gasteiger partial charge < -0.3 is 15.7 Å². The summed E-state index contributed by atoms with van der Waals surface area (Å²) in [6, 6.07) is 5.58. The molecule has 0 aliphatic carbocycles. The Hall–Kier alpha value is -3.30. The first-order valence-electron chi connectivity index (χ1n) is 8.44. The van der Waals surface area contributed by atoms with Gasteiger partial charge in [0, 0.05) is 17.8 Å². The minimum Gasteiger partial charge on any atom is -0.480 e. The molecule has 0 aliphatic heterocycles. The molecule has 0 unspecified atom stereocenters. The number of anilines is 1. The highest BCUT2D eigenvalue weighted by Crippen LogP contribution is 2.24. The lowest BCUT2D eigenvalue weighted by molar-refractivity contribution is -0.135. The van der Waals surface area contributed by atoms with Crippen LogP contribution in [0.4, 0.5) is 14.5 Å². The molecule has 3 N–H and O–H groups in total. The molecule has 1 aromatic carbocycles. The highest BCUT2D eigenvalue weighted by atomic mass is 19.3. The number of hydrogen-bond acceptors (Lipinski definition) is 4. The van der Waals surface area contributed by atoms with Gasteiger partial charge in [-0.15, -0.1) is 0 Å². The van der Waals surface area contributed by atoms with E-state index in [0.29, 0.717) is 0 Å². The largest absolute Gasteiger partial charge is 0.480 e. The Labute approximate surface area is 159 Å². The molecule has 150 valence electrons. The van der Waals surface area contributed by atoms with Crippen molar-refractivity contribution in [1.82, 2.24) is 15.1 Å². The van der Waals surface area contributed by atoms with Crippen LogP contribution < -0.4 is 10.6 Å². The lowest BCUT2D eigenvalue weighted by atomic mass is 10.1. The van der Waals surface area contributed by atoms with Crippen molar-refractivity contribution in [3.8, 4) is 0 Å². The van der Waals surface area contributed by atoms with Crippen molar-refractivity contribution >= 4 is 23.5 Å². The van der Waals surface area contributed by atoms with E-state index < -0.39 is 36.4 Å². The lowest BCUT2D eigenvalue weighted by Gasteiger charge is -2.11. The topological polar surface area (TPSA) is 113 Å². The molecule has 0 bridgehead atoms. The van der Waals surface area contributed by atoms with Gasteiger partial charge in [0.15, 0.2) is 0 Å². The van der Waals surface area contributed by atoms with E-state index in [9.17, 15) is 23.2 Å². The SMILES string of the molecule is CC(C)Cn1ncc(C(=O)Nc2ccc(C(=O)NCC(=O)O)cc2)c1C(F)F. The van der Waals surface area contributed by atoms with Crippen LogP contribution >= 0.6 is 0 Å². The maximum absolute atomic E-state index is 13.4. The molecule has 28 heavy (non-hydrogen) atoms. The fourth-order valence-corrected chi connectivity index (χ4v) is 2.45. The monoisotopic (exact) mass is 394 g/mol. The first-order valence-corrected chi connectivity index (χ1v) is 8.44. The third-order valence-corrected chi connectivity index (χ3v) is 3.67. The lowest BCUT2D eigenvalue weighted by Crippen LogP contribution is -2.29. The zero-order valence-electron chi connectivity index (χ0n) is 15.3. The van der Waals surface area contributed by atoms with Gasteiger partial charge >= 0.3 is 5.97 Å². The number of carbonyl (C=O) groups is 3. The van der Waals surface area contributed by atoms with E-state index in [-0.39, 0.29) is 29.3 Å². The molecule has 0 spiro atoms. The number of aliphatic carboxylic acids is 1. The molecule has 10 heteroatoms. The van der Waals surface area contributed by atoms with Crippen molar-refractivity contribution in [2.45, 2.75) is 26.8 Å². The van der Waals surface area contributed by atoms with Crippen molar-refractivity contribution in [2.24, 2.45) is 5.92 Å². The summed E-state index contributed by atoms with van der Waals surface area (Å²) in [5.41, 5.74) is -0.191. The van der Waals surface area contributed by atoms with Gasteiger partial charge in [-0.2, -0.15) is 5.10 Å². The van der Waals surface area contributed by atoms with Crippen LogP contribution in [-0.4, -0.2) is 39.2 Å². The molecular formula is C18H20F2N4O4. The second-order valence-electron chi connectivity index (χ2n) is 6.43. The van der Waals surface area contributed by atoms with Crippen LogP contribution in [0.1, 0.15) is 46.7 Å². The molecule has 2 aromatic rings. The summed E-state index contributed by atoms with van der Waals surface area (Å²) in [6.07, 6.45) is -1.75. The molecule has 2 rings (SSSR count). The minimum atomic E-state index is -2.86. The van der Waals surface area contributed by atoms with Crippen molar-refractivity contribution < 1.29 is 28.3 Å². The molecule has 8 nitrogen and oxygen atoms in total. The number of carboxylic acid groups (broad SMARTS) is 1. The number of nitrogens with zero attached hydrogens (tertiary/aromatic N) is 2. The average Bonchev–Trinajstić information content (AvgIpc) is 3.03. The van der Waals surface area contributed by atoms with Crippen LogP contribution in [0.25, 0.3) is 0 Å². The van der Waals surface area contributed by atoms with Gasteiger partial charge in [-0.05, 0) is 30.2 Å². The normalized spacial score (nSPS) is 10.9. The standard InChI is InChI=1S/C18H20F2N4O4/c1-10(2)9-24-15(16(19)20)13(7-22-24)18(28)23-12-5-3-11(4-6-12)17(27)21-8-14(25)26/h3-7,10,16H,8-9H2,1-2H3,(H,21,27)(H,23,28)(H,25,26). The molecule has 0 saturated carbocycles. The zero-order chi connectivity index (χ0) is 20.8. The van der Waals surface area contributed by atoms with Gasteiger partial charge in [0.05, 0.1) is 11.8 Å². The summed E-state index contributed by atoms with van der Waals surface area (Å²) in [4.78, 5) is 34.6. The number of alkyl halides is 2. The van der Waals surface area contributed by atoms with E-state index in [1.165, 1.54) is 24.3 Å². The van der Waals surface area contributed by atoms with Gasteiger partial charge in [0.2, 0.25) is 0 Å². The van der Waals surface area contributed by atoms with Crippen molar-refractivity contribution in [3.63, 3.8) is 0 Å². The fraction of sp³-hybridized carbons (Fsp3) is 0.333. The summed E-state index contributed by atoms with van der Waals surface area (Å²) in [5, 5.41) is 17.1. The van der Waals surface area contributed by atoms with Crippen molar-refractivity contribution in [2.75, 3.05) is 11.9 Å². The predicted molar refractivity (Wildman–Crippen MR) is 96.4 cm³/mol. The number of carboxylic acids is 1. The number of aromatic nitrogens is 2. The number of halogens is 2. The maximum Gasteiger partial charge on any atom is 0.322 e. The van der Waals surface area contributed by atoms with E-state index in [4.69, 9.17) is 5.11 Å². The molecule has 0 aliphatic rings. The summed E-state index contributed by atoms with van der Waals surface area (Å²) in [7, 11) is 0. The van der Waals surface area contributed by atoms with Crippen LogP contribution in [0.5, 0.6) is 0 Å². The van der Waals surface area contributed by atoms with Crippen molar-refractivity contribution in [3.05, 3.63) is 47.3 Å². The predicted octanol–water partition coefficient (Wildman–Crippen LogP) is 2.54. The number of amides is 2. The number of benzene rings is 1. The molecule has 0 fully saturated rings. The third kappa shape index (κ3) is 5.35. The first-order chi connectivity index (χ1) is 13.2. The zero-order valence-corrected chi connectivity index (χ0v) is 15.3. The van der Waals surface area contributed by atoms with Gasteiger partial charge in [-0.3, -0.25) is 19.1 Å². The molecule has 0 radical (unpaired) electrons. The smallest absolute Gasteiger partial charge is 0.322 e. The Kier molecular flexibility index (Phi) is 6.80. The number of nitrogens with one attached hydrogen (secondary N) is 2. The summed E-state index contributed by atoms with van der Waals surface area (Å²) in [6.45, 7) is 3.44. The van der Waals surface area contributed by atoms with Crippen molar-refractivity contribution in [1.29, 1.82) is 0 Å². The first kappa shape index (κ1) is 21.0. The Bertz CT molecular complexity index is 863. The molecular weight excluding hydrogens is 374 g/mol. The second-order valence-corrected chi connectivity index (χ2v) is 6.43. The van der Waals surface area contributed by atoms with E-state index >= 15 is 0 Å². The van der Waals surface area contributed by atoms with Gasteiger partial charge in [0.25, 0.3) is 18.2 Å². The number of hydrogen-bond donors (Lipinski definition) is 3. The Morgan fingerprint density at radius 2 is 1.79 bits per heavy atom. The third-order valence-electron chi connectivity index (χ3n) is 3.67. The molecule has 1 heterocycles. The van der Waals surface area contributed by atoms with Gasteiger partial charge in [0.1, 0.15) is 12.2 Å². The maximum atomic E-state index is 13.4. The number of rotatable bonds is 8.